The van der Waals surface area contributed by atoms with Gasteiger partial charge in [-0.05, 0) is 68.4 Å². The second kappa shape index (κ2) is 27.2. The Labute approximate surface area is 384 Å². The Morgan fingerprint density at radius 1 is 0.667 bits per heavy atom. The number of likely N-dealkylation sites (tertiary alicyclic amines) is 1. The number of benzene rings is 2. The summed E-state index contributed by atoms with van der Waals surface area (Å²) in [7, 11) is 0. The van der Waals surface area contributed by atoms with Gasteiger partial charge in [-0.1, -0.05) is 74.5 Å². The van der Waals surface area contributed by atoms with Crippen LogP contribution in [0.4, 0.5) is 0 Å². The van der Waals surface area contributed by atoms with E-state index in [1.807, 2.05) is 44.2 Å². The van der Waals surface area contributed by atoms with Gasteiger partial charge < -0.3 is 65.9 Å². The first kappa shape index (κ1) is 53.1. The van der Waals surface area contributed by atoms with E-state index in [2.05, 4.69) is 36.6 Å². The molecule has 66 heavy (non-hydrogen) atoms. The summed E-state index contributed by atoms with van der Waals surface area (Å²) >= 11 is 0. The molecule has 8 amide bonds. The van der Waals surface area contributed by atoms with Crippen molar-refractivity contribution in [1.29, 1.82) is 0 Å². The van der Waals surface area contributed by atoms with Gasteiger partial charge in [0.15, 0.2) is 11.9 Å². The molecule has 1 saturated heterocycles. The Morgan fingerprint density at radius 2 is 1.23 bits per heavy atom. The fraction of sp³-hybridized carbons (Fsp3) is 0.500. The third kappa shape index (κ3) is 18.5. The number of nitrogens with one attached hydrogen (secondary N) is 5. The Morgan fingerprint density at radius 3 is 1.79 bits per heavy atom. The maximum Gasteiger partial charge on any atom is 0.247 e. The first-order chi connectivity index (χ1) is 31.4. The minimum atomic E-state index is -1.46. The van der Waals surface area contributed by atoms with Gasteiger partial charge in [0, 0.05) is 26.1 Å². The topological polar surface area (TPSA) is 381 Å². The molecule has 1 aliphatic heterocycles. The standard InChI is InChI=1S/C44H66N14O8/c1-26(2)24-32(53-35(60)20-19-27-12-5-3-6-13-27)39(63)57-36(28-14-7-4-8-15-28)41(65)55-30(17-10-22-52-44(49)50)42(66)58-23-11-18-33(58)40(64)54-29(16-9-21-51-43(47)48)38(62)56-31(37(46)61)25-34(45)59/h3-8,12-15,26,29-33,36H,9-11,16-25H2,1-2H3,(H2,45,59)(H2,46,61)(H,53,60)(H,54,64)(H,55,65)(H,56,62)(H,57,63)(H4,47,48,51)(H4,49,50,52)/t29-,30-,31-,32-,33-,36-/m0/s1. The van der Waals surface area contributed by atoms with E-state index in [-0.39, 0.29) is 88.3 Å². The zero-order chi connectivity index (χ0) is 48.8. The molecule has 0 saturated carbocycles. The van der Waals surface area contributed by atoms with Crippen LogP contribution in [0.5, 0.6) is 0 Å². The van der Waals surface area contributed by atoms with Crippen molar-refractivity contribution in [2.75, 3.05) is 19.6 Å². The van der Waals surface area contributed by atoms with Gasteiger partial charge in [-0.15, -0.1) is 0 Å². The van der Waals surface area contributed by atoms with Crippen LogP contribution < -0.4 is 61.0 Å². The van der Waals surface area contributed by atoms with E-state index in [9.17, 15) is 38.4 Å². The molecule has 0 aliphatic carbocycles. The highest BCUT2D eigenvalue weighted by atomic mass is 16.2. The zero-order valence-corrected chi connectivity index (χ0v) is 37.6. The van der Waals surface area contributed by atoms with Gasteiger partial charge in [-0.25, -0.2) is 0 Å². The fourth-order valence-corrected chi connectivity index (χ4v) is 7.32. The van der Waals surface area contributed by atoms with Gasteiger partial charge in [-0.2, -0.15) is 0 Å². The van der Waals surface area contributed by atoms with Gasteiger partial charge in [-0.3, -0.25) is 48.3 Å². The number of carbonyl (C=O) groups is 8. The molecular weight excluding hydrogens is 853 g/mol. The van der Waals surface area contributed by atoms with E-state index in [0.717, 1.165) is 5.56 Å². The maximum atomic E-state index is 14.5. The number of amides is 8. The lowest BCUT2D eigenvalue weighted by Crippen LogP contribution is -2.58. The first-order valence-electron chi connectivity index (χ1n) is 21.9. The number of hydrogen-bond donors (Lipinski definition) is 11. The molecule has 0 aromatic heterocycles. The number of primary amides is 2. The number of nitrogens with two attached hydrogens (primary N) is 6. The summed E-state index contributed by atoms with van der Waals surface area (Å²) < 4.78 is 0. The summed E-state index contributed by atoms with van der Waals surface area (Å²) in [6.07, 6.45) is 1.26. The third-order valence-corrected chi connectivity index (χ3v) is 10.6. The highest BCUT2D eigenvalue weighted by Gasteiger charge is 2.40. The van der Waals surface area contributed by atoms with Gasteiger partial charge >= 0.3 is 0 Å². The molecule has 0 spiro atoms. The molecular formula is C44H66N14O8. The van der Waals surface area contributed by atoms with Crippen LogP contribution in [0.15, 0.2) is 70.6 Å². The largest absolute Gasteiger partial charge is 0.370 e. The molecule has 2 aromatic rings. The Kier molecular flexibility index (Phi) is 21.8. The Balaban J connectivity index is 1.88. The van der Waals surface area contributed by atoms with Crippen molar-refractivity contribution in [3.8, 4) is 0 Å². The van der Waals surface area contributed by atoms with Crippen LogP contribution in [-0.2, 0) is 44.8 Å². The van der Waals surface area contributed by atoms with E-state index in [1.165, 1.54) is 4.90 Å². The average molecular weight is 919 g/mol. The minimum absolute atomic E-state index is 0.0132. The number of rotatable bonds is 27. The monoisotopic (exact) mass is 919 g/mol. The van der Waals surface area contributed by atoms with Crippen molar-refractivity contribution in [1.82, 2.24) is 31.5 Å². The number of aryl methyl sites for hydroxylation is 1. The van der Waals surface area contributed by atoms with Gasteiger partial charge in [0.1, 0.15) is 36.3 Å². The second-order valence-electron chi connectivity index (χ2n) is 16.4. The van der Waals surface area contributed by atoms with Crippen LogP contribution in [0.3, 0.4) is 0 Å². The van der Waals surface area contributed by atoms with E-state index in [1.54, 1.807) is 30.3 Å². The van der Waals surface area contributed by atoms with Gasteiger partial charge in [0.05, 0.1) is 6.42 Å². The molecule has 0 bridgehead atoms. The van der Waals surface area contributed by atoms with E-state index >= 15 is 0 Å². The zero-order valence-electron chi connectivity index (χ0n) is 37.6. The third-order valence-electron chi connectivity index (χ3n) is 10.6. The normalized spacial score (nSPS) is 15.4. The summed E-state index contributed by atoms with van der Waals surface area (Å²) in [6.45, 7) is 4.10. The average Bonchev–Trinajstić information content (AvgIpc) is 3.76. The van der Waals surface area contributed by atoms with E-state index < -0.39 is 84.0 Å². The predicted molar refractivity (Wildman–Crippen MR) is 247 cm³/mol. The molecule has 0 unspecified atom stereocenters. The van der Waals surface area contributed by atoms with Crippen LogP contribution in [0.2, 0.25) is 0 Å². The van der Waals surface area contributed by atoms with Crippen molar-refractivity contribution in [2.24, 2.45) is 50.3 Å². The first-order valence-corrected chi connectivity index (χ1v) is 21.9. The molecule has 1 heterocycles. The van der Waals surface area contributed by atoms with E-state index in [4.69, 9.17) is 34.4 Å². The molecule has 1 aliphatic rings. The summed E-state index contributed by atoms with van der Waals surface area (Å²) in [5, 5.41) is 13.5. The van der Waals surface area contributed by atoms with Crippen LogP contribution in [0.1, 0.15) is 88.8 Å². The van der Waals surface area contributed by atoms with Crippen molar-refractivity contribution in [3.63, 3.8) is 0 Å². The van der Waals surface area contributed by atoms with Crippen LogP contribution in [-0.4, -0.2) is 114 Å². The summed E-state index contributed by atoms with van der Waals surface area (Å²) in [5.41, 5.74) is 33.9. The molecule has 0 radical (unpaired) electrons. The lowest BCUT2D eigenvalue weighted by atomic mass is 10.00. The van der Waals surface area contributed by atoms with Crippen molar-refractivity contribution in [2.45, 2.75) is 114 Å². The number of hydrogen-bond acceptors (Lipinski definition) is 10. The summed E-state index contributed by atoms with van der Waals surface area (Å²) in [4.78, 5) is 116. The van der Waals surface area contributed by atoms with Crippen molar-refractivity contribution < 1.29 is 38.4 Å². The number of carbonyl (C=O) groups excluding carboxylic acids is 8. The number of guanidine groups is 2. The van der Waals surface area contributed by atoms with Gasteiger partial charge in [0.25, 0.3) is 0 Å². The molecule has 2 aromatic carbocycles. The summed E-state index contributed by atoms with van der Waals surface area (Å²) in [5.74, 6) is -6.21. The quantitative estimate of drug-likeness (QED) is 0.0261. The predicted octanol–water partition coefficient (Wildman–Crippen LogP) is -2.08. The van der Waals surface area contributed by atoms with Crippen LogP contribution >= 0.6 is 0 Å². The van der Waals surface area contributed by atoms with Gasteiger partial charge in [0.2, 0.25) is 47.3 Å². The van der Waals surface area contributed by atoms with Crippen LogP contribution in [0, 0.1) is 5.92 Å². The molecule has 17 N–H and O–H groups in total. The molecule has 1 fully saturated rings. The maximum absolute atomic E-state index is 14.5. The SMILES string of the molecule is CC(C)C[C@H](NC(=O)CCc1ccccc1)C(=O)N[C@H](C(=O)N[C@@H](CCCN=C(N)N)C(=O)N1CCC[C@H]1C(=O)N[C@@H](CCCN=C(N)N)C(=O)N[C@@H](CC(N)=O)C(N)=O)c1ccccc1. The Bertz CT molecular complexity index is 2030. The molecule has 22 heteroatoms. The molecule has 22 nitrogen and oxygen atoms in total. The smallest absolute Gasteiger partial charge is 0.247 e. The lowest BCUT2D eigenvalue weighted by molar-refractivity contribution is -0.142. The highest BCUT2D eigenvalue weighted by molar-refractivity contribution is 5.98. The number of aliphatic imine (C=N–C) groups is 2. The molecule has 360 valence electrons. The second-order valence-corrected chi connectivity index (χ2v) is 16.4. The molecule has 6 atom stereocenters. The fourth-order valence-electron chi connectivity index (χ4n) is 7.32. The van der Waals surface area contributed by atoms with E-state index in [0.29, 0.717) is 18.4 Å². The molecule has 3 rings (SSSR count). The number of nitrogens with zero attached hydrogens (tertiary/aromatic N) is 3. The minimum Gasteiger partial charge on any atom is -0.370 e. The highest BCUT2D eigenvalue weighted by Crippen LogP contribution is 2.22. The summed E-state index contributed by atoms with van der Waals surface area (Å²) in [6, 6.07) is 10.4. The Hall–Kier alpha value is -7.26. The van der Waals surface area contributed by atoms with Crippen LogP contribution in [0.25, 0.3) is 0 Å². The van der Waals surface area contributed by atoms with Crippen molar-refractivity contribution >= 4 is 59.2 Å². The van der Waals surface area contributed by atoms with Crippen molar-refractivity contribution in [3.05, 3.63) is 71.8 Å². The lowest BCUT2D eigenvalue weighted by Gasteiger charge is -2.31.